The molecule has 33 heavy (non-hydrogen) atoms. The molecule has 3 aliphatic rings. The van der Waals surface area contributed by atoms with Crippen LogP contribution in [0.1, 0.15) is 26.7 Å². The molecular weight excluding hydrogens is 448 g/mol. The summed E-state index contributed by atoms with van der Waals surface area (Å²) in [7, 11) is 0. The van der Waals surface area contributed by atoms with Gasteiger partial charge in [-0.15, -0.1) is 6.58 Å². The van der Waals surface area contributed by atoms with Crippen molar-refractivity contribution in [3.63, 3.8) is 0 Å². The topological polar surface area (TPSA) is 96.4 Å². The molecule has 1 spiro atoms. The fourth-order valence-electron chi connectivity index (χ4n) is 5.90. The lowest BCUT2D eigenvalue weighted by Crippen LogP contribution is -2.57. The Morgan fingerprint density at radius 1 is 1.39 bits per heavy atom. The molecule has 2 bridgehead atoms. The average Bonchev–Trinajstić information content (AvgIpc) is 3.34. The van der Waals surface area contributed by atoms with Crippen LogP contribution in [0.4, 0.5) is 5.69 Å². The number of β-amino-alcohol motifs (C(OH)–C–C–N with tert-alkyl or cyclic N) is 1. The molecule has 2 unspecified atom stereocenters. The number of amides is 2. The number of ether oxygens (including phenoxy) is 2. The Kier molecular flexibility index (Phi) is 6.28. The van der Waals surface area contributed by atoms with E-state index >= 15 is 0 Å². The second-order valence-electron chi connectivity index (χ2n) is 8.92. The van der Waals surface area contributed by atoms with Crippen LogP contribution in [-0.4, -0.2) is 71.3 Å². The van der Waals surface area contributed by atoms with Crippen molar-refractivity contribution in [2.24, 2.45) is 11.8 Å². The Balaban J connectivity index is 1.81. The Labute approximate surface area is 198 Å². The number of para-hydroxylation sites is 1. The second kappa shape index (κ2) is 8.74. The largest absolute Gasteiger partial charge is 0.466 e. The third-order valence-corrected chi connectivity index (χ3v) is 7.43. The minimum Gasteiger partial charge on any atom is -0.466 e. The Bertz CT molecular complexity index is 985. The lowest BCUT2D eigenvalue weighted by Gasteiger charge is -2.36. The Morgan fingerprint density at radius 2 is 2.12 bits per heavy atom. The van der Waals surface area contributed by atoms with Crippen LogP contribution in [-0.2, 0) is 23.9 Å². The number of benzene rings is 1. The van der Waals surface area contributed by atoms with Crippen molar-refractivity contribution < 1.29 is 29.0 Å². The zero-order chi connectivity index (χ0) is 24.0. The van der Waals surface area contributed by atoms with Gasteiger partial charge >= 0.3 is 5.97 Å². The highest BCUT2D eigenvalue weighted by Crippen LogP contribution is 2.63. The van der Waals surface area contributed by atoms with Crippen molar-refractivity contribution in [3.8, 4) is 0 Å². The summed E-state index contributed by atoms with van der Waals surface area (Å²) in [6.45, 7) is 7.26. The minimum absolute atomic E-state index is 0.0481. The van der Waals surface area contributed by atoms with Crippen LogP contribution < -0.4 is 4.90 Å². The molecule has 9 heteroatoms. The number of anilines is 1. The molecular formula is C24H29ClN2O6. The molecule has 3 saturated heterocycles. The molecule has 1 N–H and O–H groups in total. The molecule has 3 heterocycles. The highest BCUT2D eigenvalue weighted by atomic mass is 35.5. The molecule has 0 aromatic heterocycles. The van der Waals surface area contributed by atoms with Crippen molar-refractivity contribution in [1.29, 1.82) is 0 Å². The lowest BCUT2D eigenvalue weighted by molar-refractivity contribution is -0.159. The molecule has 8 nitrogen and oxygen atoms in total. The predicted molar refractivity (Wildman–Crippen MR) is 122 cm³/mol. The van der Waals surface area contributed by atoms with Gasteiger partial charge in [-0.3, -0.25) is 14.4 Å². The summed E-state index contributed by atoms with van der Waals surface area (Å²) < 4.78 is 11.8. The van der Waals surface area contributed by atoms with Crippen LogP contribution >= 0.6 is 11.6 Å². The molecule has 3 fully saturated rings. The lowest BCUT2D eigenvalue weighted by atomic mass is 9.66. The van der Waals surface area contributed by atoms with Gasteiger partial charge in [0.15, 0.2) is 0 Å². The van der Waals surface area contributed by atoms with Gasteiger partial charge in [0.05, 0.1) is 35.4 Å². The normalized spacial score (nSPS) is 32.1. The van der Waals surface area contributed by atoms with E-state index in [1.807, 2.05) is 6.92 Å². The van der Waals surface area contributed by atoms with Crippen LogP contribution in [0, 0.1) is 11.8 Å². The first-order valence-corrected chi connectivity index (χ1v) is 11.6. The Hall–Kier alpha value is -2.42. The second-order valence-corrected chi connectivity index (χ2v) is 9.33. The first kappa shape index (κ1) is 23.7. The van der Waals surface area contributed by atoms with Crippen LogP contribution in [0.2, 0.25) is 5.02 Å². The number of hydrogen-bond donors (Lipinski definition) is 1. The van der Waals surface area contributed by atoms with E-state index in [9.17, 15) is 19.5 Å². The first-order valence-electron chi connectivity index (χ1n) is 11.2. The van der Waals surface area contributed by atoms with Crippen molar-refractivity contribution in [2.75, 3.05) is 31.2 Å². The van der Waals surface area contributed by atoms with Gasteiger partial charge in [0.25, 0.3) is 5.91 Å². The van der Waals surface area contributed by atoms with Gasteiger partial charge in [-0.1, -0.05) is 29.8 Å². The number of nitrogens with zero attached hydrogens (tertiary/aromatic N) is 2. The maximum absolute atomic E-state index is 14.1. The number of rotatable bonds is 8. The number of aliphatic hydroxyl groups excluding tert-OH is 1. The number of fused-ring (bicyclic) bond motifs is 1. The number of likely N-dealkylation sites (tertiary alicyclic amines) is 1. The molecule has 0 saturated carbocycles. The molecule has 1 aromatic carbocycles. The van der Waals surface area contributed by atoms with Crippen molar-refractivity contribution >= 4 is 35.1 Å². The number of aliphatic hydroxyl groups is 1. The van der Waals surface area contributed by atoms with Crippen molar-refractivity contribution in [3.05, 3.63) is 41.9 Å². The highest BCUT2D eigenvalue weighted by Gasteiger charge is 2.78. The standard InChI is InChI=1S/C24H29ClN2O6/c1-4-12-26(16-9-7-6-8-15(16)25)21(30)19-24-11-10-23(3,33-24)18(22(31)32-5-2)17(24)20(29)27(19)13-14-28/h4,6-9,17-19,28H,1,5,10-14H2,2-3H3/t17-,18+,19?,23-,24?/m0/s1. The number of esters is 1. The smallest absolute Gasteiger partial charge is 0.312 e. The van der Waals surface area contributed by atoms with Crippen LogP contribution in [0.5, 0.6) is 0 Å². The summed E-state index contributed by atoms with van der Waals surface area (Å²) >= 11 is 6.40. The van der Waals surface area contributed by atoms with E-state index in [-0.39, 0.29) is 38.1 Å². The van der Waals surface area contributed by atoms with E-state index in [1.165, 1.54) is 9.80 Å². The quantitative estimate of drug-likeness (QED) is 0.456. The fraction of sp³-hybridized carbons (Fsp3) is 0.542. The molecule has 2 amide bonds. The molecule has 0 radical (unpaired) electrons. The van der Waals surface area contributed by atoms with Gasteiger partial charge in [-0.2, -0.15) is 0 Å². The highest BCUT2D eigenvalue weighted by molar-refractivity contribution is 6.34. The van der Waals surface area contributed by atoms with E-state index in [4.69, 9.17) is 21.1 Å². The van der Waals surface area contributed by atoms with Gasteiger partial charge in [0.2, 0.25) is 5.91 Å². The van der Waals surface area contributed by atoms with Crippen LogP contribution in [0.3, 0.4) is 0 Å². The van der Waals surface area contributed by atoms with Gasteiger partial charge in [-0.25, -0.2) is 0 Å². The van der Waals surface area contributed by atoms with E-state index in [0.717, 1.165) is 0 Å². The van der Waals surface area contributed by atoms with Gasteiger partial charge in [0, 0.05) is 13.1 Å². The molecule has 0 aliphatic carbocycles. The summed E-state index contributed by atoms with van der Waals surface area (Å²) in [5.74, 6) is -2.92. The van der Waals surface area contributed by atoms with E-state index in [0.29, 0.717) is 23.6 Å². The van der Waals surface area contributed by atoms with E-state index in [1.54, 1.807) is 37.3 Å². The monoisotopic (exact) mass is 476 g/mol. The minimum atomic E-state index is -1.18. The molecule has 3 aliphatic heterocycles. The fourth-order valence-corrected chi connectivity index (χ4v) is 6.14. The number of hydrogen-bond acceptors (Lipinski definition) is 6. The summed E-state index contributed by atoms with van der Waals surface area (Å²) in [6, 6.07) is 5.93. The third-order valence-electron chi connectivity index (χ3n) is 7.11. The third kappa shape index (κ3) is 3.47. The maximum atomic E-state index is 14.1. The zero-order valence-corrected chi connectivity index (χ0v) is 19.6. The maximum Gasteiger partial charge on any atom is 0.312 e. The molecule has 4 rings (SSSR count). The summed E-state index contributed by atoms with van der Waals surface area (Å²) in [5.41, 5.74) is -1.60. The molecule has 1 aromatic rings. The van der Waals surface area contributed by atoms with E-state index < -0.39 is 35.0 Å². The predicted octanol–water partition coefficient (Wildman–Crippen LogP) is 2.18. The summed E-state index contributed by atoms with van der Waals surface area (Å²) in [6.07, 6.45) is 2.54. The number of halogens is 1. The SMILES string of the molecule is C=CCN(C(=O)C1N(CCO)C(=O)[C@@H]2[C@H](C(=O)OCC)[C@]3(C)CCC12O3)c1ccccc1Cl. The zero-order valence-electron chi connectivity index (χ0n) is 18.8. The van der Waals surface area contributed by atoms with Gasteiger partial charge in [0.1, 0.15) is 17.6 Å². The van der Waals surface area contributed by atoms with E-state index in [2.05, 4.69) is 6.58 Å². The average molecular weight is 477 g/mol. The summed E-state index contributed by atoms with van der Waals surface area (Å²) in [4.78, 5) is 43.5. The van der Waals surface area contributed by atoms with Gasteiger partial charge < -0.3 is 24.4 Å². The first-order chi connectivity index (χ1) is 15.8. The van der Waals surface area contributed by atoms with Crippen LogP contribution in [0.15, 0.2) is 36.9 Å². The molecule has 5 atom stereocenters. The van der Waals surface area contributed by atoms with Crippen molar-refractivity contribution in [2.45, 2.75) is 43.9 Å². The number of carbonyl (C=O) groups is 3. The number of carbonyl (C=O) groups excluding carboxylic acids is 3. The van der Waals surface area contributed by atoms with Gasteiger partial charge in [-0.05, 0) is 38.8 Å². The van der Waals surface area contributed by atoms with Crippen LogP contribution in [0.25, 0.3) is 0 Å². The summed E-state index contributed by atoms with van der Waals surface area (Å²) in [5, 5.41) is 10.1. The molecule has 178 valence electrons. The van der Waals surface area contributed by atoms with Crippen molar-refractivity contribution in [1.82, 2.24) is 4.90 Å². The Morgan fingerprint density at radius 3 is 2.76 bits per heavy atom.